The number of hydrogen-bond donors (Lipinski definition) is 2. The Hall–Kier alpha value is -1.74. The maximum atomic E-state index is 12.5. The zero-order valence-corrected chi connectivity index (χ0v) is 18.2. The molecule has 0 saturated carbocycles. The van der Waals surface area contributed by atoms with Gasteiger partial charge in [0.2, 0.25) is 0 Å². The molecule has 3 atom stereocenters. The number of nitrogens with one attached hydrogen (secondary N) is 1. The number of nitrogens with zero attached hydrogens (tertiary/aromatic N) is 1. The van der Waals surface area contributed by atoms with Crippen molar-refractivity contribution >= 4 is 38.8 Å². The van der Waals surface area contributed by atoms with Gasteiger partial charge in [0.25, 0.3) is 5.91 Å². The minimum absolute atomic E-state index is 0.0307. The van der Waals surface area contributed by atoms with E-state index in [-0.39, 0.29) is 36.4 Å². The maximum Gasteiger partial charge on any atom is 0.257 e. The lowest BCUT2D eigenvalue weighted by atomic mass is 10.00. The summed E-state index contributed by atoms with van der Waals surface area (Å²) >= 11 is 4.74. The molecule has 2 aliphatic rings. The number of ether oxygens (including phenoxy) is 1. The Morgan fingerprint density at radius 2 is 2.10 bits per heavy atom. The summed E-state index contributed by atoms with van der Waals surface area (Å²) < 4.78 is 18.9. The molecule has 2 aromatic rings. The van der Waals surface area contributed by atoms with Crippen LogP contribution in [0.15, 0.2) is 58.0 Å². The molecule has 0 aliphatic carbocycles. The molecular formula is C21H22BrFN2O3S. The Kier molecular flexibility index (Phi) is 7.83. The van der Waals surface area contributed by atoms with E-state index in [1.807, 2.05) is 18.2 Å². The molecule has 2 aromatic carbocycles. The predicted octanol–water partition coefficient (Wildman–Crippen LogP) is 3.79. The van der Waals surface area contributed by atoms with Crippen molar-refractivity contribution in [3.63, 3.8) is 0 Å². The number of carbonyl (C=O) groups is 1. The summed E-state index contributed by atoms with van der Waals surface area (Å²) in [6, 6.07) is 14.0. The number of aryl methyl sites for hydroxylation is 1. The second kappa shape index (κ2) is 10.3. The van der Waals surface area contributed by atoms with Crippen molar-refractivity contribution in [1.29, 1.82) is 0 Å². The number of thioether (sulfide) groups is 1. The number of rotatable bonds is 2. The second-order valence-corrected chi connectivity index (χ2v) is 8.67. The molecule has 0 spiro atoms. The number of carbonyl (C=O) groups excluding carboxylic acids is 1. The molecule has 0 radical (unpaired) electrons. The first-order chi connectivity index (χ1) is 14.0. The number of aliphatic hydroxyl groups excluding tert-OH is 1. The van der Waals surface area contributed by atoms with Crippen LogP contribution in [0.1, 0.15) is 15.9 Å². The van der Waals surface area contributed by atoms with Crippen LogP contribution in [0.5, 0.6) is 0 Å². The molecule has 0 aromatic heterocycles. The Bertz CT molecular complexity index is 881. The van der Waals surface area contributed by atoms with Crippen molar-refractivity contribution in [3.05, 3.63) is 69.9 Å². The first-order valence-corrected chi connectivity index (χ1v) is 11.0. The molecule has 2 heterocycles. The van der Waals surface area contributed by atoms with Crippen LogP contribution in [0.2, 0.25) is 0 Å². The summed E-state index contributed by atoms with van der Waals surface area (Å²) in [5.74, 6) is 0.748. The molecule has 5 nitrogen and oxygen atoms in total. The fourth-order valence-electron chi connectivity index (χ4n) is 3.05. The lowest BCUT2D eigenvalue weighted by molar-refractivity contribution is 0.0438. The number of aliphatic imine (C=N–C) groups is 1. The standard InChI is InChI=1S/C14H16N2O3S.C7H6BrF/c17-6-12-10-8-20-14(15-11(10)7-19-12)16-13(18)9-4-2-1-3-5-9;1-5-4-6(8)2-3-7(5)9/h1-5,10-12,17H,6-8H2,(H,15,16,18);2-4H,1H3/t10?,11?,12-;/m1./s1. The number of aliphatic hydroxyl groups is 1. The highest BCUT2D eigenvalue weighted by Crippen LogP contribution is 2.32. The summed E-state index contributed by atoms with van der Waals surface area (Å²) in [6.07, 6.45) is -0.123. The monoisotopic (exact) mass is 480 g/mol. The van der Waals surface area contributed by atoms with Gasteiger partial charge in [-0.15, -0.1) is 0 Å². The minimum atomic E-state index is -0.154. The first-order valence-electron chi connectivity index (χ1n) is 9.19. The molecule has 2 N–H and O–H groups in total. The van der Waals surface area contributed by atoms with Crippen molar-refractivity contribution in [3.8, 4) is 0 Å². The van der Waals surface area contributed by atoms with Gasteiger partial charge in [-0.2, -0.15) is 0 Å². The van der Waals surface area contributed by atoms with Crippen LogP contribution in [-0.4, -0.2) is 47.3 Å². The minimum Gasteiger partial charge on any atom is -0.394 e. The van der Waals surface area contributed by atoms with Gasteiger partial charge in [-0.3, -0.25) is 9.79 Å². The fourth-order valence-corrected chi connectivity index (χ4v) is 4.69. The van der Waals surface area contributed by atoms with E-state index in [1.165, 1.54) is 17.8 Å². The molecule has 2 unspecified atom stereocenters. The third-order valence-corrected chi connectivity index (χ3v) is 6.23. The van der Waals surface area contributed by atoms with Gasteiger partial charge >= 0.3 is 0 Å². The number of fused-ring (bicyclic) bond motifs is 1. The summed E-state index contributed by atoms with van der Waals surface area (Å²) in [7, 11) is 0. The average molecular weight is 481 g/mol. The van der Waals surface area contributed by atoms with E-state index < -0.39 is 0 Å². The maximum absolute atomic E-state index is 12.5. The van der Waals surface area contributed by atoms with Gasteiger partial charge in [0.1, 0.15) is 5.82 Å². The molecule has 1 saturated heterocycles. The Morgan fingerprint density at radius 3 is 2.76 bits per heavy atom. The van der Waals surface area contributed by atoms with Gasteiger partial charge in [0, 0.05) is 21.7 Å². The number of amidine groups is 1. The largest absolute Gasteiger partial charge is 0.394 e. The Morgan fingerprint density at radius 1 is 1.34 bits per heavy atom. The quantitative estimate of drug-likeness (QED) is 0.685. The number of hydrogen-bond acceptors (Lipinski definition) is 5. The molecule has 29 heavy (non-hydrogen) atoms. The molecule has 2 aliphatic heterocycles. The van der Waals surface area contributed by atoms with Gasteiger partial charge in [0.15, 0.2) is 5.17 Å². The number of benzene rings is 2. The van der Waals surface area contributed by atoms with Crippen LogP contribution in [0.3, 0.4) is 0 Å². The average Bonchev–Trinajstić information content (AvgIpc) is 3.14. The van der Waals surface area contributed by atoms with E-state index >= 15 is 0 Å². The SMILES string of the molecule is Cc1cc(Br)ccc1F.O=C(NC1=NC2CO[C@H](CO)C2CS1)c1ccccc1. The molecule has 1 amide bonds. The Balaban J connectivity index is 0.000000224. The highest BCUT2D eigenvalue weighted by molar-refractivity contribution is 9.10. The summed E-state index contributed by atoms with van der Waals surface area (Å²) in [5.41, 5.74) is 1.29. The second-order valence-electron chi connectivity index (χ2n) is 6.74. The van der Waals surface area contributed by atoms with Gasteiger partial charge in [0.05, 0.1) is 25.4 Å². The van der Waals surface area contributed by atoms with E-state index in [0.717, 1.165) is 10.2 Å². The summed E-state index contributed by atoms with van der Waals surface area (Å²) in [4.78, 5) is 16.6. The van der Waals surface area contributed by atoms with Crippen molar-refractivity contribution < 1.29 is 19.0 Å². The van der Waals surface area contributed by atoms with Gasteiger partial charge < -0.3 is 15.2 Å². The lowest BCUT2D eigenvalue weighted by Gasteiger charge is -2.24. The van der Waals surface area contributed by atoms with E-state index in [1.54, 1.807) is 31.2 Å². The van der Waals surface area contributed by atoms with Crippen LogP contribution in [0.25, 0.3) is 0 Å². The fraction of sp³-hybridized carbons (Fsp3) is 0.333. The highest BCUT2D eigenvalue weighted by Gasteiger charge is 2.39. The third-order valence-electron chi connectivity index (χ3n) is 4.70. The number of halogens is 2. The Labute approximate surface area is 181 Å². The van der Waals surface area contributed by atoms with E-state index in [2.05, 4.69) is 26.2 Å². The van der Waals surface area contributed by atoms with Crippen LogP contribution >= 0.6 is 27.7 Å². The summed E-state index contributed by atoms with van der Waals surface area (Å²) in [6.45, 7) is 2.28. The number of amides is 1. The molecular weight excluding hydrogens is 459 g/mol. The predicted molar refractivity (Wildman–Crippen MR) is 117 cm³/mol. The van der Waals surface area contributed by atoms with Crippen molar-refractivity contribution in [1.82, 2.24) is 5.32 Å². The zero-order valence-electron chi connectivity index (χ0n) is 15.8. The van der Waals surface area contributed by atoms with Crippen molar-refractivity contribution in [2.24, 2.45) is 10.9 Å². The van der Waals surface area contributed by atoms with Crippen LogP contribution in [0, 0.1) is 18.7 Å². The normalized spacial score (nSPS) is 22.8. The van der Waals surface area contributed by atoms with Crippen molar-refractivity contribution in [2.75, 3.05) is 19.0 Å². The smallest absolute Gasteiger partial charge is 0.257 e. The molecule has 4 rings (SSSR count). The zero-order chi connectivity index (χ0) is 20.8. The van der Waals surface area contributed by atoms with Gasteiger partial charge in [-0.1, -0.05) is 45.9 Å². The van der Waals surface area contributed by atoms with E-state index in [9.17, 15) is 14.3 Å². The summed E-state index contributed by atoms with van der Waals surface area (Å²) in [5, 5.41) is 12.7. The van der Waals surface area contributed by atoms with E-state index in [4.69, 9.17) is 4.74 Å². The van der Waals surface area contributed by atoms with Crippen molar-refractivity contribution in [2.45, 2.75) is 19.1 Å². The van der Waals surface area contributed by atoms with Crippen LogP contribution in [-0.2, 0) is 4.74 Å². The van der Waals surface area contributed by atoms with Crippen LogP contribution in [0.4, 0.5) is 4.39 Å². The third kappa shape index (κ3) is 5.88. The van der Waals surface area contributed by atoms with Gasteiger partial charge in [-0.05, 0) is 42.8 Å². The lowest BCUT2D eigenvalue weighted by Crippen LogP contribution is -2.37. The molecule has 0 bridgehead atoms. The molecule has 8 heteroatoms. The molecule has 1 fully saturated rings. The van der Waals surface area contributed by atoms with Gasteiger partial charge in [-0.25, -0.2) is 4.39 Å². The van der Waals surface area contributed by atoms with Crippen LogP contribution < -0.4 is 5.32 Å². The first kappa shape index (κ1) is 22.0. The highest BCUT2D eigenvalue weighted by atomic mass is 79.9. The molecule has 154 valence electrons. The topological polar surface area (TPSA) is 70.9 Å². The van der Waals surface area contributed by atoms with E-state index in [0.29, 0.717) is 22.9 Å².